The van der Waals surface area contributed by atoms with Gasteiger partial charge in [-0.1, -0.05) is 126 Å². The van der Waals surface area contributed by atoms with E-state index in [9.17, 15) is 0 Å². The Labute approximate surface area is 495 Å². The highest BCUT2D eigenvalue weighted by atomic mass is 32.1. The van der Waals surface area contributed by atoms with Crippen molar-refractivity contribution in [1.29, 1.82) is 0 Å². The van der Waals surface area contributed by atoms with E-state index >= 15 is 0 Å². The van der Waals surface area contributed by atoms with Gasteiger partial charge in [-0.3, -0.25) is 9.97 Å². The zero-order valence-corrected chi connectivity index (χ0v) is 51.9. The van der Waals surface area contributed by atoms with E-state index in [4.69, 9.17) is 19.9 Å². The van der Waals surface area contributed by atoms with Crippen LogP contribution in [0, 0.1) is 35.5 Å². The number of aromatic nitrogens is 6. The molecule has 0 saturated heterocycles. The first-order valence-electron chi connectivity index (χ1n) is 30.9. The number of pyridine rings is 2. The summed E-state index contributed by atoms with van der Waals surface area (Å²) < 4.78 is 0. The molecular formula is C74H80N6S2. The van der Waals surface area contributed by atoms with Crippen LogP contribution in [0.4, 0.5) is 0 Å². The van der Waals surface area contributed by atoms with Crippen LogP contribution >= 0.6 is 22.7 Å². The van der Waals surface area contributed by atoms with Gasteiger partial charge in [0.15, 0.2) is 0 Å². The molecule has 7 aromatic heterocycles. The minimum absolute atomic E-state index is 0.832. The van der Waals surface area contributed by atoms with Gasteiger partial charge in [-0.15, -0.1) is 22.7 Å². The number of unbranched alkanes of at least 4 members (excludes halogenated alkanes) is 6. The zero-order valence-electron chi connectivity index (χ0n) is 50.3. The van der Waals surface area contributed by atoms with Crippen molar-refractivity contribution in [3.63, 3.8) is 0 Å². The van der Waals surface area contributed by atoms with Crippen LogP contribution in [0.1, 0.15) is 223 Å². The number of aromatic amines is 2. The predicted molar refractivity (Wildman–Crippen MR) is 353 cm³/mol. The number of aryl methyl sites for hydroxylation is 6. The number of hydrogen-bond donors (Lipinski definition) is 2. The Kier molecular flexibility index (Phi) is 18.9. The summed E-state index contributed by atoms with van der Waals surface area (Å²) in [6.45, 7) is 22.7. The lowest BCUT2D eigenvalue weighted by Gasteiger charge is -2.08. The lowest BCUT2D eigenvalue weighted by Crippen LogP contribution is -1.95. The molecule has 2 N–H and O–H groups in total. The number of benzene rings is 1. The number of fused-ring (bicyclic) bond motifs is 11. The molecule has 418 valence electrons. The van der Waals surface area contributed by atoms with E-state index in [-0.39, 0.29) is 0 Å². The smallest absolute Gasteiger partial charge is 0.0977 e. The van der Waals surface area contributed by atoms with Crippen molar-refractivity contribution in [2.45, 2.75) is 185 Å². The molecule has 0 fully saturated rings. The Bertz CT molecular complexity index is 4020. The zero-order chi connectivity index (χ0) is 57.3. The maximum Gasteiger partial charge on any atom is 0.0977 e. The highest BCUT2D eigenvalue weighted by Gasteiger charge is 2.27. The first kappa shape index (κ1) is 57.9. The first-order chi connectivity index (χ1) is 40.2. The van der Waals surface area contributed by atoms with Gasteiger partial charge in [-0.05, 0) is 211 Å². The Morgan fingerprint density at radius 3 is 1.41 bits per heavy atom. The van der Waals surface area contributed by atoms with Crippen LogP contribution in [0.3, 0.4) is 0 Å². The molecule has 8 aromatic rings. The number of thiophene rings is 2. The molecule has 0 saturated carbocycles. The van der Waals surface area contributed by atoms with Gasteiger partial charge in [0.1, 0.15) is 0 Å². The third-order valence-electron chi connectivity index (χ3n) is 16.8. The predicted octanol–water partition coefficient (Wildman–Crippen LogP) is 20.0. The maximum absolute atomic E-state index is 5.65. The van der Waals surface area contributed by atoms with Crippen molar-refractivity contribution in [1.82, 2.24) is 29.9 Å². The monoisotopic (exact) mass is 1120 g/mol. The molecule has 0 unspecified atom stereocenters. The number of nitrogens with one attached hydrogen (secondary N) is 2. The fourth-order valence-corrected chi connectivity index (χ4v) is 14.9. The molecule has 0 aliphatic carbocycles. The van der Waals surface area contributed by atoms with Gasteiger partial charge in [0.05, 0.1) is 49.1 Å². The maximum atomic E-state index is 5.65. The summed E-state index contributed by atoms with van der Waals surface area (Å²) >= 11 is 3.63. The topological polar surface area (TPSA) is 83.1 Å². The van der Waals surface area contributed by atoms with E-state index in [1.54, 1.807) is 11.3 Å². The van der Waals surface area contributed by atoms with Gasteiger partial charge in [0.25, 0.3) is 0 Å². The molecule has 1 aromatic carbocycles. The number of hydrogen-bond acceptors (Lipinski definition) is 6. The molecule has 8 bridgehead atoms. The Balaban J connectivity index is 1.14. The molecule has 0 amide bonds. The van der Waals surface area contributed by atoms with Crippen LogP contribution < -0.4 is 0 Å². The number of H-pyrrole nitrogens is 2. The van der Waals surface area contributed by atoms with E-state index in [0.29, 0.717) is 0 Å². The first-order valence-corrected chi connectivity index (χ1v) is 32.5. The lowest BCUT2D eigenvalue weighted by molar-refractivity contribution is 0.667. The molecule has 2 aliphatic rings. The average Bonchev–Trinajstić information content (AvgIpc) is 4.32. The molecule has 10 rings (SSSR count). The Morgan fingerprint density at radius 1 is 0.439 bits per heavy atom. The molecule has 0 spiro atoms. The second kappa shape index (κ2) is 26.8. The van der Waals surface area contributed by atoms with E-state index < -0.39 is 0 Å². The lowest BCUT2D eigenvalue weighted by atomic mass is 9.94. The molecule has 8 heteroatoms. The third-order valence-corrected chi connectivity index (χ3v) is 19.1. The summed E-state index contributed by atoms with van der Waals surface area (Å²) in [5.74, 6) is 21.7. The molecule has 6 nitrogen and oxygen atoms in total. The molecule has 2 aliphatic heterocycles. The molecule has 9 heterocycles. The van der Waals surface area contributed by atoms with Gasteiger partial charge >= 0.3 is 0 Å². The average molecular weight is 1120 g/mol. The van der Waals surface area contributed by atoms with E-state index in [0.717, 1.165) is 154 Å². The Morgan fingerprint density at radius 2 is 0.915 bits per heavy atom. The van der Waals surface area contributed by atoms with E-state index in [2.05, 4.69) is 163 Å². The van der Waals surface area contributed by atoms with Gasteiger partial charge in [0.2, 0.25) is 0 Å². The fourth-order valence-electron chi connectivity index (χ4n) is 12.7. The molecule has 82 heavy (non-hydrogen) atoms. The van der Waals surface area contributed by atoms with Crippen molar-refractivity contribution >= 4 is 88.8 Å². The summed E-state index contributed by atoms with van der Waals surface area (Å²) in [6, 6.07) is 22.2. The molecular weight excluding hydrogens is 1040 g/mol. The van der Waals surface area contributed by atoms with Crippen molar-refractivity contribution in [3.8, 4) is 45.3 Å². The number of nitrogens with zero attached hydrogens (tertiary/aromatic N) is 4. The largest absolute Gasteiger partial charge is 0.355 e. The van der Waals surface area contributed by atoms with Crippen molar-refractivity contribution in [3.05, 3.63) is 150 Å². The van der Waals surface area contributed by atoms with E-state index in [1.807, 2.05) is 35.9 Å². The van der Waals surface area contributed by atoms with Crippen LogP contribution in [0.5, 0.6) is 0 Å². The van der Waals surface area contributed by atoms with Gasteiger partial charge in [-0.2, -0.15) is 0 Å². The van der Waals surface area contributed by atoms with E-state index in [1.165, 1.54) is 115 Å². The van der Waals surface area contributed by atoms with Crippen LogP contribution in [-0.4, -0.2) is 29.9 Å². The van der Waals surface area contributed by atoms with Gasteiger partial charge in [-0.25, -0.2) is 9.97 Å². The number of rotatable bonds is 19. The summed E-state index contributed by atoms with van der Waals surface area (Å²) in [5, 5.41) is 2.08. The summed E-state index contributed by atoms with van der Waals surface area (Å²) in [6.07, 6.45) is 22.4. The molecule has 0 radical (unpaired) electrons. The van der Waals surface area contributed by atoms with Crippen LogP contribution in [0.25, 0.3) is 75.9 Å². The van der Waals surface area contributed by atoms with Gasteiger partial charge in [0, 0.05) is 60.6 Å². The van der Waals surface area contributed by atoms with Crippen molar-refractivity contribution < 1.29 is 0 Å². The summed E-state index contributed by atoms with van der Waals surface area (Å²) in [4.78, 5) is 33.4. The van der Waals surface area contributed by atoms with Crippen LogP contribution in [0.15, 0.2) is 73.1 Å². The highest BCUT2D eigenvalue weighted by Crippen LogP contribution is 2.43. The second-order valence-electron chi connectivity index (χ2n) is 21.8. The van der Waals surface area contributed by atoms with Crippen molar-refractivity contribution in [2.75, 3.05) is 0 Å². The minimum Gasteiger partial charge on any atom is -0.355 e. The quantitative estimate of drug-likeness (QED) is 0.0480. The second-order valence-corrected chi connectivity index (χ2v) is 23.9. The SMILES string of the molecule is CCCCCCc1cc(-c2cc(CCCCCC)c(C#Cc3cc4cccnc4c4ncccc34)s2)sc1C#CC#Cc1c2nc(cc3[nH]c(cc4[nH]c(cc5nc1C(CC)=C5CC)c(CC)c4CC)c(CC)c3CC)C(CC)=C2CC. The molecule has 0 atom stereocenters. The fraction of sp³-hybridized carbons (Fsp3) is 0.378. The summed E-state index contributed by atoms with van der Waals surface area (Å²) in [7, 11) is 0. The third kappa shape index (κ3) is 11.7. The minimum atomic E-state index is 0.832. The highest BCUT2D eigenvalue weighted by molar-refractivity contribution is 7.22. The van der Waals surface area contributed by atoms with Crippen molar-refractivity contribution in [2.24, 2.45) is 0 Å². The standard InChI is InChI=1S/C74H80N6S2/c1-11-21-23-25-31-48-42-69(70-43-49(32-26-24-22-12-2)68(82-70)38-37-47-41-50-33-29-39-75-71(50)74-59(47)35-30-40-76-74)81-67(48)36-28-27-34-60-72-57(19-9)55(17-7)65(79-72)45-63-53(15-5)51(13-3)61(77-63)44-62-52(14-4)54(16-6)64(78-62)46-66-56(18-8)58(20-10)73(60)80-66/h29-30,33,35,39-46,77-78H,11-26,31-32H2,1-10H3. The summed E-state index contributed by atoms with van der Waals surface area (Å²) in [5.41, 5.74) is 25.3. The van der Waals surface area contributed by atoms with Crippen LogP contribution in [0.2, 0.25) is 0 Å². The Hall–Kier alpha value is -7.28. The van der Waals surface area contributed by atoms with Crippen LogP contribution in [-0.2, 0) is 38.5 Å². The number of allylic oxidation sites excluding steroid dienone is 4. The van der Waals surface area contributed by atoms with Gasteiger partial charge < -0.3 is 9.97 Å². The normalized spacial score (nSPS) is 12.3.